The number of likely N-dealkylation sites (tertiary alicyclic amines) is 1. The van der Waals surface area contributed by atoms with Gasteiger partial charge < -0.3 is 20.3 Å². The van der Waals surface area contributed by atoms with Crippen LogP contribution < -0.4 is 0 Å². The van der Waals surface area contributed by atoms with E-state index in [2.05, 4.69) is 15.2 Å². The van der Waals surface area contributed by atoms with Crippen molar-refractivity contribution in [3.63, 3.8) is 0 Å². The molecular weight excluding hydrogens is 678 g/mol. The normalized spacial score (nSPS) is 17.1. The molecule has 1 saturated heterocycles. The van der Waals surface area contributed by atoms with Crippen molar-refractivity contribution >= 4 is 23.3 Å². The Morgan fingerprint density at radius 3 is 2.04 bits per heavy atom. The summed E-state index contributed by atoms with van der Waals surface area (Å²) in [7, 11) is 0. The number of carboxylic acid groups (broad SMARTS) is 1. The minimum Gasteiger partial charge on any atom is -0.625 e. The van der Waals surface area contributed by atoms with Gasteiger partial charge in [0.25, 0.3) is 0 Å². The first-order chi connectivity index (χ1) is 23.1. The Bertz CT molecular complexity index is 1710. The van der Waals surface area contributed by atoms with Crippen LogP contribution in [-0.2, 0) is 39.0 Å². The van der Waals surface area contributed by atoms with Crippen molar-refractivity contribution in [2.24, 2.45) is 4.99 Å². The zero-order valence-electron chi connectivity index (χ0n) is 26.6. The van der Waals surface area contributed by atoms with E-state index in [1.807, 2.05) is 30.3 Å². The Morgan fingerprint density at radius 1 is 0.857 bits per heavy atom. The minimum atomic E-state index is -5.32. The molecule has 1 heterocycles. The number of amides is 1. The van der Waals surface area contributed by atoms with Gasteiger partial charge in [-0.1, -0.05) is 115 Å². The largest absolute Gasteiger partial charge is 0.625 e. The van der Waals surface area contributed by atoms with Crippen LogP contribution in [0.1, 0.15) is 47.9 Å². The molecule has 0 aliphatic carbocycles. The van der Waals surface area contributed by atoms with Crippen molar-refractivity contribution in [1.82, 2.24) is 4.90 Å². The van der Waals surface area contributed by atoms with Gasteiger partial charge in [0, 0.05) is 28.6 Å². The summed E-state index contributed by atoms with van der Waals surface area (Å²) >= 11 is 0. The number of para-hydroxylation sites is 1. The van der Waals surface area contributed by atoms with Gasteiger partial charge in [-0.3, -0.25) is 9.89 Å². The Balaban J connectivity index is 0.00000541. The monoisotopic (exact) mass is 714 g/mol. The fourth-order valence-corrected chi connectivity index (χ4v) is 6.11. The number of carboxylic acids is 1. The van der Waals surface area contributed by atoms with E-state index in [1.54, 1.807) is 78.9 Å². The number of aliphatic imine (C=N–C) groups is 1. The summed E-state index contributed by atoms with van der Waals surface area (Å²) in [6, 6.07) is 29.9. The molecule has 3 atom stereocenters. The number of benzene rings is 4. The van der Waals surface area contributed by atoms with Gasteiger partial charge in [0.2, 0.25) is 0 Å². The van der Waals surface area contributed by atoms with Crippen LogP contribution >= 0.6 is 0 Å². The van der Waals surface area contributed by atoms with Crippen molar-refractivity contribution in [2.75, 3.05) is 6.54 Å². The van der Waals surface area contributed by atoms with Gasteiger partial charge in [0.05, 0.1) is 17.7 Å². The minimum absolute atomic E-state index is 0. The molecule has 1 aliphatic heterocycles. The second-order valence-corrected chi connectivity index (χ2v) is 11.9. The van der Waals surface area contributed by atoms with Gasteiger partial charge in [-0.25, -0.2) is 4.79 Å². The number of nitrogens with zero attached hydrogens (tertiary/aromatic N) is 3. The molecule has 1 amide bonds. The average molecular weight is 715 g/mol. The summed E-state index contributed by atoms with van der Waals surface area (Å²) in [6.07, 6.45) is -4.74. The van der Waals surface area contributed by atoms with Crippen LogP contribution in [-0.4, -0.2) is 63.1 Å². The fourth-order valence-electron chi connectivity index (χ4n) is 6.11. The van der Waals surface area contributed by atoms with E-state index in [1.165, 1.54) is 6.07 Å². The molecule has 5 rings (SSSR count). The summed E-state index contributed by atoms with van der Waals surface area (Å²) in [5, 5.41) is 25.8. The Morgan fingerprint density at radius 2 is 1.43 bits per heavy atom. The van der Waals surface area contributed by atoms with Crippen molar-refractivity contribution in [1.29, 1.82) is 0 Å². The number of rotatable bonds is 13. The fraction of sp³-hybridized carbons (Fsp3) is 0.289. The van der Waals surface area contributed by atoms with E-state index in [4.69, 9.17) is 0 Å². The number of hydrogen-bond acceptors (Lipinski definition) is 5. The maximum atomic E-state index is 14.7. The number of halogens is 3. The first kappa shape index (κ1) is 37.5. The maximum Gasteiger partial charge on any atom is 0.419 e. The Kier molecular flexibility index (Phi) is 12.9. The molecule has 7 nitrogen and oxygen atoms in total. The first-order valence-electron chi connectivity index (χ1n) is 15.9. The maximum absolute atomic E-state index is 14.7. The van der Waals surface area contributed by atoms with Crippen molar-refractivity contribution in [3.05, 3.63) is 143 Å². The number of aliphatic carboxylic acids is 1. The van der Waals surface area contributed by atoms with E-state index < -0.39 is 42.2 Å². The summed E-state index contributed by atoms with van der Waals surface area (Å²) < 4.78 is 44.0. The molecule has 0 bridgehead atoms. The van der Waals surface area contributed by atoms with Crippen LogP contribution in [0.5, 0.6) is 0 Å². The quantitative estimate of drug-likeness (QED) is 0.110. The molecule has 0 spiro atoms. The second-order valence-electron chi connectivity index (χ2n) is 11.9. The summed E-state index contributed by atoms with van der Waals surface area (Å²) in [4.78, 5) is 32.5. The van der Waals surface area contributed by atoms with Gasteiger partial charge in [0.15, 0.2) is 11.6 Å². The molecule has 0 aromatic heterocycles. The number of hydrogen-bond donors (Lipinski definition) is 2. The van der Waals surface area contributed by atoms with Crippen LogP contribution in [0.25, 0.3) is 5.32 Å². The molecule has 11 heteroatoms. The van der Waals surface area contributed by atoms with Crippen LogP contribution in [0.2, 0.25) is 0 Å². The van der Waals surface area contributed by atoms with Crippen LogP contribution in [0, 0.1) is 0 Å². The topological polar surface area (TPSA) is 104 Å². The molecule has 4 aromatic rings. The van der Waals surface area contributed by atoms with Gasteiger partial charge in [0.1, 0.15) is 0 Å². The number of alkyl halides is 3. The number of carbonyl (C=O) groups is 2. The van der Waals surface area contributed by atoms with E-state index >= 15 is 0 Å². The van der Waals surface area contributed by atoms with Crippen LogP contribution in [0.15, 0.2) is 120 Å². The Hall–Kier alpha value is -4.31. The summed E-state index contributed by atoms with van der Waals surface area (Å²) in [6.45, 7) is 1.27. The zero-order chi connectivity index (χ0) is 34.1. The molecule has 4 aromatic carbocycles. The van der Waals surface area contributed by atoms with Crippen LogP contribution in [0.3, 0.4) is 0 Å². The number of carbonyl (C=O) groups excluding carboxylic acids is 1. The SMILES string of the molecule is O=C(O)[C@@H](N=C(c1ccccc1)c1ccccc1[N-]C(=O)[C@@H]1CCCN1Cc1ccccc1)[C@@](O)(CCCc1ccccc1)C(F)(F)F.[Ni]. The third-order valence-corrected chi connectivity index (χ3v) is 8.62. The standard InChI is InChI=1S/C38H38F3N3O4.Ni/c39-38(40,41)37(48,24-12-18-27-14-4-1-5-15-27)34(36(46)47)43-33(29-19-8-3-9-20-29)30-21-10-11-22-31(30)42-35(45)32-23-13-25-44(32)26-28-16-6-2-7-17-28;/h1-11,14-17,19-22,32,34,48H,12-13,18,23-26H2,(H2,42,43,45,46,47);/p-1/t32-,34+,37-;/m0./s1. The van der Waals surface area contributed by atoms with Gasteiger partial charge in [-0.15, -0.1) is 5.69 Å². The average Bonchev–Trinajstić information content (AvgIpc) is 3.54. The van der Waals surface area contributed by atoms with E-state index in [-0.39, 0.29) is 46.3 Å². The Labute approximate surface area is 293 Å². The molecule has 0 saturated carbocycles. The molecule has 49 heavy (non-hydrogen) atoms. The van der Waals surface area contributed by atoms with Crippen molar-refractivity contribution < 1.29 is 49.5 Å². The van der Waals surface area contributed by atoms with Crippen molar-refractivity contribution in [3.8, 4) is 0 Å². The predicted octanol–water partition coefficient (Wildman–Crippen LogP) is 7.49. The van der Waals surface area contributed by atoms with Crippen molar-refractivity contribution in [2.45, 2.75) is 62.5 Å². The van der Waals surface area contributed by atoms with E-state index in [9.17, 15) is 33.0 Å². The molecule has 2 N–H and O–H groups in total. The van der Waals surface area contributed by atoms with Gasteiger partial charge in [-0.05, 0) is 55.3 Å². The third-order valence-electron chi connectivity index (χ3n) is 8.62. The molecule has 1 aliphatic rings. The van der Waals surface area contributed by atoms with Gasteiger partial charge >= 0.3 is 12.1 Å². The smallest absolute Gasteiger partial charge is 0.419 e. The van der Waals surface area contributed by atoms with E-state index in [0.29, 0.717) is 25.1 Å². The molecule has 0 unspecified atom stereocenters. The zero-order valence-corrected chi connectivity index (χ0v) is 27.6. The summed E-state index contributed by atoms with van der Waals surface area (Å²) in [5.41, 5.74) is -1.39. The number of aliphatic hydroxyl groups is 1. The van der Waals surface area contributed by atoms with Crippen LogP contribution in [0.4, 0.5) is 18.9 Å². The molecule has 0 radical (unpaired) electrons. The summed E-state index contributed by atoms with van der Waals surface area (Å²) in [5.74, 6) is -2.35. The molecule has 260 valence electrons. The van der Waals surface area contributed by atoms with E-state index in [0.717, 1.165) is 17.5 Å². The predicted molar refractivity (Wildman–Crippen MR) is 178 cm³/mol. The number of aryl methyl sites for hydroxylation is 1. The molecular formula is C38H37F3N3NiO4-. The second kappa shape index (κ2) is 16.9. The van der Waals surface area contributed by atoms with Gasteiger partial charge in [-0.2, -0.15) is 13.2 Å². The first-order valence-corrected chi connectivity index (χ1v) is 15.9. The molecule has 1 fully saturated rings. The third kappa shape index (κ3) is 9.23.